The molecule has 0 aliphatic carbocycles. The number of nitrogens with zero attached hydrogens (tertiary/aromatic N) is 1. The smallest absolute Gasteiger partial charge is 0.339 e. The van der Waals surface area contributed by atoms with Crippen molar-refractivity contribution in [3.05, 3.63) is 40.9 Å². The molecule has 2 rings (SSSR count). The van der Waals surface area contributed by atoms with Crippen molar-refractivity contribution >= 4 is 28.1 Å². The molecule has 0 fully saturated rings. The number of para-hydroxylation sites is 1. The Morgan fingerprint density at radius 2 is 2.18 bits per heavy atom. The van der Waals surface area contributed by atoms with E-state index in [1.807, 2.05) is 19.1 Å². The summed E-state index contributed by atoms with van der Waals surface area (Å²) in [4.78, 5) is 16.9. The van der Waals surface area contributed by atoms with E-state index < -0.39 is 0 Å². The first-order valence-electron chi connectivity index (χ1n) is 5.07. The van der Waals surface area contributed by atoms with Gasteiger partial charge in [0.2, 0.25) is 0 Å². The predicted molar refractivity (Wildman–Crippen MR) is 67.9 cm³/mol. The topological polar surface area (TPSA) is 51.2 Å². The van der Waals surface area contributed by atoms with Gasteiger partial charge in [0, 0.05) is 11.1 Å². The van der Waals surface area contributed by atoms with Crippen molar-refractivity contribution in [2.45, 2.75) is 6.92 Å². The third kappa shape index (κ3) is 2.62. The lowest BCUT2D eigenvalue weighted by Crippen LogP contribution is -2.05. The maximum Gasteiger partial charge on any atom is 0.339 e. The van der Waals surface area contributed by atoms with E-state index in [4.69, 9.17) is 4.74 Å². The predicted octanol–water partition coefficient (Wildman–Crippen LogP) is 2.98. The maximum atomic E-state index is 11.6. The molecule has 0 radical (unpaired) electrons. The van der Waals surface area contributed by atoms with E-state index in [2.05, 4.69) is 10.3 Å². The Kier molecular flexibility index (Phi) is 3.39. The summed E-state index contributed by atoms with van der Waals surface area (Å²) in [6.07, 6.45) is 1.79. The molecule has 4 nitrogen and oxygen atoms in total. The van der Waals surface area contributed by atoms with Gasteiger partial charge in [0.1, 0.15) is 0 Å². The third-order valence-corrected chi connectivity index (χ3v) is 3.02. The van der Waals surface area contributed by atoms with Crippen molar-refractivity contribution in [1.29, 1.82) is 0 Å². The van der Waals surface area contributed by atoms with Crippen LogP contribution < -0.4 is 5.32 Å². The average Bonchev–Trinajstić information content (AvgIpc) is 2.74. The quantitative estimate of drug-likeness (QED) is 0.848. The van der Waals surface area contributed by atoms with Gasteiger partial charge in [-0.1, -0.05) is 12.1 Å². The van der Waals surface area contributed by atoms with E-state index in [-0.39, 0.29) is 5.97 Å². The van der Waals surface area contributed by atoms with E-state index >= 15 is 0 Å². The monoisotopic (exact) mass is 248 g/mol. The number of rotatable bonds is 3. The second-order valence-electron chi connectivity index (χ2n) is 3.44. The minimum Gasteiger partial charge on any atom is -0.465 e. The lowest BCUT2D eigenvalue weighted by atomic mass is 10.2. The van der Waals surface area contributed by atoms with Crippen molar-refractivity contribution in [3.63, 3.8) is 0 Å². The first kappa shape index (κ1) is 11.6. The van der Waals surface area contributed by atoms with Gasteiger partial charge in [-0.15, -0.1) is 11.3 Å². The molecule has 5 heteroatoms. The number of carbonyl (C=O) groups is 1. The second-order valence-corrected chi connectivity index (χ2v) is 4.67. The van der Waals surface area contributed by atoms with Gasteiger partial charge < -0.3 is 10.1 Å². The fourth-order valence-corrected chi connectivity index (χ4v) is 2.08. The molecule has 1 aromatic heterocycles. The van der Waals surface area contributed by atoms with Gasteiger partial charge in [-0.2, -0.15) is 0 Å². The molecule has 88 valence electrons. The zero-order chi connectivity index (χ0) is 12.3. The minimum absolute atomic E-state index is 0.360. The Balaban J connectivity index is 2.29. The highest BCUT2D eigenvalue weighted by Crippen LogP contribution is 2.24. The number of esters is 1. The molecular weight excluding hydrogens is 236 g/mol. The van der Waals surface area contributed by atoms with Crippen molar-refractivity contribution in [1.82, 2.24) is 4.98 Å². The summed E-state index contributed by atoms with van der Waals surface area (Å²) < 4.78 is 4.72. The Labute approximate surface area is 103 Å². The van der Waals surface area contributed by atoms with Crippen molar-refractivity contribution < 1.29 is 9.53 Å². The molecule has 1 N–H and O–H groups in total. The van der Waals surface area contributed by atoms with Crippen LogP contribution in [0.4, 0.5) is 10.8 Å². The molecule has 2 aromatic rings. The van der Waals surface area contributed by atoms with Gasteiger partial charge in [0.15, 0.2) is 5.13 Å². The zero-order valence-electron chi connectivity index (χ0n) is 9.56. The molecule has 0 aliphatic heterocycles. The van der Waals surface area contributed by atoms with Gasteiger partial charge in [-0.25, -0.2) is 9.78 Å². The van der Waals surface area contributed by atoms with Crippen molar-refractivity contribution in [2.75, 3.05) is 12.4 Å². The molecule has 1 heterocycles. The minimum atomic E-state index is -0.360. The highest BCUT2D eigenvalue weighted by Gasteiger charge is 2.11. The number of ether oxygens (including phenoxy) is 1. The van der Waals surface area contributed by atoms with Crippen LogP contribution in [0, 0.1) is 6.92 Å². The number of carbonyl (C=O) groups excluding carboxylic acids is 1. The summed E-state index contributed by atoms with van der Waals surface area (Å²) in [5.41, 5.74) is 1.21. The maximum absolute atomic E-state index is 11.6. The second kappa shape index (κ2) is 4.97. The summed E-state index contributed by atoms with van der Waals surface area (Å²) in [5, 5.41) is 3.88. The van der Waals surface area contributed by atoms with Crippen LogP contribution >= 0.6 is 11.3 Å². The van der Waals surface area contributed by atoms with Crippen molar-refractivity contribution in [3.8, 4) is 0 Å². The Hall–Kier alpha value is -1.88. The number of aryl methyl sites for hydroxylation is 1. The first-order chi connectivity index (χ1) is 8.20. The van der Waals surface area contributed by atoms with Crippen LogP contribution in [0.2, 0.25) is 0 Å². The number of methoxy groups -OCH3 is 1. The largest absolute Gasteiger partial charge is 0.465 e. The number of anilines is 2. The summed E-state index contributed by atoms with van der Waals surface area (Å²) >= 11 is 1.54. The average molecular weight is 248 g/mol. The summed E-state index contributed by atoms with van der Waals surface area (Å²) in [6.45, 7) is 1.98. The fraction of sp³-hybridized carbons (Fsp3) is 0.167. The molecule has 0 aliphatic rings. The van der Waals surface area contributed by atoms with Crippen LogP contribution in [0.25, 0.3) is 0 Å². The number of nitrogens with one attached hydrogen (secondary N) is 1. The Morgan fingerprint density at radius 1 is 1.41 bits per heavy atom. The Morgan fingerprint density at radius 3 is 2.82 bits per heavy atom. The first-order valence-corrected chi connectivity index (χ1v) is 5.89. The van der Waals surface area contributed by atoms with Gasteiger partial charge in [0.05, 0.1) is 18.4 Å². The molecule has 0 amide bonds. The number of hydrogen-bond acceptors (Lipinski definition) is 5. The van der Waals surface area contributed by atoms with E-state index in [9.17, 15) is 4.79 Å². The van der Waals surface area contributed by atoms with Gasteiger partial charge in [0.25, 0.3) is 0 Å². The van der Waals surface area contributed by atoms with E-state index in [0.717, 1.165) is 10.0 Å². The lowest BCUT2D eigenvalue weighted by Gasteiger charge is -2.07. The van der Waals surface area contributed by atoms with Crippen LogP contribution in [0.15, 0.2) is 30.5 Å². The number of benzene rings is 1. The SMILES string of the molecule is COC(=O)c1ccccc1Nc1ncc(C)s1. The molecule has 0 atom stereocenters. The van der Waals surface area contributed by atoms with Gasteiger partial charge in [-0.3, -0.25) is 0 Å². The molecular formula is C12H12N2O2S. The highest BCUT2D eigenvalue weighted by atomic mass is 32.1. The fourth-order valence-electron chi connectivity index (χ4n) is 1.41. The number of hydrogen-bond donors (Lipinski definition) is 1. The highest BCUT2D eigenvalue weighted by molar-refractivity contribution is 7.15. The molecule has 0 saturated carbocycles. The lowest BCUT2D eigenvalue weighted by molar-refractivity contribution is 0.0602. The van der Waals surface area contributed by atoms with Crippen LogP contribution in [-0.4, -0.2) is 18.1 Å². The number of aromatic nitrogens is 1. The summed E-state index contributed by atoms with van der Waals surface area (Å²) in [6, 6.07) is 7.19. The molecule has 0 unspecified atom stereocenters. The summed E-state index contributed by atoms with van der Waals surface area (Å²) in [5.74, 6) is -0.360. The molecule has 0 saturated heterocycles. The van der Waals surface area contributed by atoms with E-state index in [1.165, 1.54) is 18.4 Å². The summed E-state index contributed by atoms with van der Waals surface area (Å²) in [7, 11) is 1.37. The zero-order valence-corrected chi connectivity index (χ0v) is 10.4. The molecule has 0 bridgehead atoms. The Bertz CT molecular complexity index is 537. The van der Waals surface area contributed by atoms with E-state index in [1.54, 1.807) is 18.3 Å². The van der Waals surface area contributed by atoms with Crippen molar-refractivity contribution in [2.24, 2.45) is 0 Å². The van der Waals surface area contributed by atoms with Crippen LogP contribution in [0.1, 0.15) is 15.2 Å². The standard InChI is InChI=1S/C12H12N2O2S/c1-8-7-13-12(17-8)14-10-6-4-3-5-9(10)11(15)16-2/h3-7H,1-2H3,(H,13,14). The van der Waals surface area contributed by atoms with Crippen LogP contribution in [0.3, 0.4) is 0 Å². The molecule has 1 aromatic carbocycles. The normalized spacial score (nSPS) is 10.0. The third-order valence-electron chi connectivity index (χ3n) is 2.20. The van der Waals surface area contributed by atoms with Crippen LogP contribution in [-0.2, 0) is 4.74 Å². The molecule has 0 spiro atoms. The van der Waals surface area contributed by atoms with Gasteiger partial charge in [-0.05, 0) is 19.1 Å². The number of thiazole rings is 1. The molecule has 17 heavy (non-hydrogen) atoms. The van der Waals surface area contributed by atoms with Gasteiger partial charge >= 0.3 is 5.97 Å². The van der Waals surface area contributed by atoms with E-state index in [0.29, 0.717) is 11.3 Å². The van der Waals surface area contributed by atoms with Crippen LogP contribution in [0.5, 0.6) is 0 Å².